The van der Waals surface area contributed by atoms with Crippen molar-refractivity contribution in [3.8, 4) is 0 Å². The first kappa shape index (κ1) is 82.1. The highest BCUT2D eigenvalue weighted by Crippen LogP contribution is 2.45. The lowest BCUT2D eigenvalue weighted by atomic mass is 10.0. The topological polar surface area (TPSA) is 237 Å². The Bertz CT molecular complexity index is 1620. The van der Waals surface area contributed by atoms with Crippen molar-refractivity contribution in [1.29, 1.82) is 0 Å². The van der Waals surface area contributed by atoms with Gasteiger partial charge in [0.1, 0.15) is 19.3 Å². The molecule has 0 heterocycles. The van der Waals surface area contributed by atoms with E-state index in [0.29, 0.717) is 25.7 Å². The van der Waals surface area contributed by atoms with Gasteiger partial charge in [0.15, 0.2) is 12.2 Å². The van der Waals surface area contributed by atoms with Crippen LogP contribution in [0, 0.1) is 0 Å². The standard InChI is InChI=1S/C65H126O17P2/c1-5-9-13-17-20-23-26-27-28-29-30-31-34-37-40-44-48-52-65(70)82-61(56-76-63(68)50-46-42-38-35-32-24-21-18-14-10-6-2)58-80-84(73,74)78-54-59(66)53-77-83(71,72)79-57-60(55-75-62(67)49-45-41-16-12-8-4)81-64(69)51-47-43-39-36-33-25-22-19-15-11-7-3/h59-61,66H,5-58H2,1-4H3,(H,71,72)(H,73,74)/t59-,60+,61+/m0/s1. The van der Waals surface area contributed by atoms with E-state index < -0.39 is 97.5 Å². The van der Waals surface area contributed by atoms with Gasteiger partial charge in [-0.2, -0.15) is 0 Å². The molecule has 5 atom stereocenters. The third-order valence-corrected chi connectivity index (χ3v) is 17.0. The van der Waals surface area contributed by atoms with Crippen LogP contribution in [0.5, 0.6) is 0 Å². The molecule has 0 aromatic rings. The van der Waals surface area contributed by atoms with E-state index in [4.69, 9.17) is 37.0 Å². The van der Waals surface area contributed by atoms with Gasteiger partial charge in [-0.25, -0.2) is 9.13 Å². The molecular weight excluding hydrogens is 1110 g/mol. The predicted molar refractivity (Wildman–Crippen MR) is 335 cm³/mol. The van der Waals surface area contributed by atoms with Crippen molar-refractivity contribution in [2.75, 3.05) is 39.6 Å². The van der Waals surface area contributed by atoms with Crippen LogP contribution in [0.3, 0.4) is 0 Å². The molecule has 0 saturated heterocycles. The number of aliphatic hydroxyl groups is 1. The number of carbonyl (C=O) groups excluding carboxylic acids is 4. The Morgan fingerprint density at radius 2 is 0.476 bits per heavy atom. The highest BCUT2D eigenvalue weighted by molar-refractivity contribution is 7.47. The third-order valence-electron chi connectivity index (χ3n) is 15.1. The summed E-state index contributed by atoms with van der Waals surface area (Å²) in [5, 5.41) is 10.5. The van der Waals surface area contributed by atoms with E-state index >= 15 is 0 Å². The van der Waals surface area contributed by atoms with E-state index in [2.05, 4.69) is 27.7 Å². The molecule has 0 aliphatic carbocycles. The number of aliphatic hydroxyl groups excluding tert-OH is 1. The average molecular weight is 1240 g/mol. The zero-order valence-electron chi connectivity index (χ0n) is 53.9. The molecule has 0 rings (SSSR count). The lowest BCUT2D eigenvalue weighted by Gasteiger charge is -2.21. The summed E-state index contributed by atoms with van der Waals surface area (Å²) in [6, 6.07) is 0. The molecule has 0 aliphatic rings. The van der Waals surface area contributed by atoms with Crippen LogP contribution in [-0.4, -0.2) is 96.7 Å². The second kappa shape index (κ2) is 60.0. The molecular formula is C65H126O17P2. The Hall–Kier alpha value is -1.94. The number of esters is 4. The minimum atomic E-state index is -4.94. The first-order valence-corrected chi connectivity index (χ1v) is 37.3. The lowest BCUT2D eigenvalue weighted by Crippen LogP contribution is -2.30. The Morgan fingerprint density at radius 1 is 0.286 bits per heavy atom. The quantitative estimate of drug-likeness (QED) is 0.0222. The van der Waals surface area contributed by atoms with E-state index in [-0.39, 0.29) is 25.7 Å². The van der Waals surface area contributed by atoms with E-state index in [1.165, 1.54) is 161 Å². The fraction of sp³-hybridized carbons (Fsp3) is 0.938. The van der Waals surface area contributed by atoms with Crippen molar-refractivity contribution in [2.24, 2.45) is 0 Å². The van der Waals surface area contributed by atoms with Gasteiger partial charge in [0.05, 0.1) is 26.4 Å². The Morgan fingerprint density at radius 3 is 0.702 bits per heavy atom. The number of hydrogen-bond acceptors (Lipinski definition) is 15. The van der Waals surface area contributed by atoms with Crippen LogP contribution < -0.4 is 0 Å². The largest absolute Gasteiger partial charge is 0.472 e. The summed E-state index contributed by atoms with van der Waals surface area (Å²) < 4.78 is 67.9. The fourth-order valence-corrected chi connectivity index (χ4v) is 11.4. The van der Waals surface area contributed by atoms with Crippen LogP contribution >= 0.6 is 15.6 Å². The highest BCUT2D eigenvalue weighted by Gasteiger charge is 2.30. The summed E-state index contributed by atoms with van der Waals surface area (Å²) in [6.07, 6.45) is 46.1. The van der Waals surface area contributed by atoms with Gasteiger partial charge < -0.3 is 33.8 Å². The molecule has 0 bridgehead atoms. The number of unbranched alkanes of at least 4 members (excludes halogenated alkanes) is 40. The molecule has 0 radical (unpaired) electrons. The van der Waals surface area contributed by atoms with Crippen LogP contribution in [0.1, 0.15) is 336 Å². The first-order chi connectivity index (χ1) is 40.7. The van der Waals surface area contributed by atoms with Crippen molar-refractivity contribution in [1.82, 2.24) is 0 Å². The maximum atomic E-state index is 13.0. The van der Waals surface area contributed by atoms with E-state index in [1.807, 2.05) is 0 Å². The molecule has 0 aromatic heterocycles. The van der Waals surface area contributed by atoms with E-state index in [0.717, 1.165) is 96.3 Å². The second-order valence-corrected chi connectivity index (χ2v) is 26.4. The van der Waals surface area contributed by atoms with E-state index in [9.17, 15) is 43.2 Å². The summed E-state index contributed by atoms with van der Waals surface area (Å²) in [7, 11) is -9.88. The summed E-state index contributed by atoms with van der Waals surface area (Å²) in [6.45, 7) is 4.82. The molecule has 0 aromatic carbocycles. The zero-order valence-corrected chi connectivity index (χ0v) is 55.7. The number of hydrogen-bond donors (Lipinski definition) is 3. The van der Waals surface area contributed by atoms with Crippen molar-refractivity contribution in [3.63, 3.8) is 0 Å². The molecule has 0 amide bonds. The SMILES string of the molecule is CCCCCCCCCCCCCCCCCCCC(=O)O[C@H](COC(=O)CCCCCCCCCCCCC)COP(=O)(O)OC[C@@H](O)COP(=O)(O)OC[C@@H](COC(=O)CCCCCCC)OC(=O)CCCCCCCCCCCCC. The summed E-state index contributed by atoms with van der Waals surface area (Å²) >= 11 is 0. The smallest absolute Gasteiger partial charge is 0.462 e. The Kier molecular flexibility index (Phi) is 58.6. The number of phosphoric acid groups is 2. The maximum absolute atomic E-state index is 13.0. The summed E-state index contributed by atoms with van der Waals surface area (Å²) in [5.41, 5.74) is 0. The molecule has 17 nitrogen and oxygen atoms in total. The summed E-state index contributed by atoms with van der Waals surface area (Å²) in [5.74, 6) is -2.14. The van der Waals surface area contributed by atoms with Gasteiger partial charge in [0.25, 0.3) is 0 Å². The second-order valence-electron chi connectivity index (χ2n) is 23.5. The van der Waals surface area contributed by atoms with Gasteiger partial charge in [-0.3, -0.25) is 37.3 Å². The molecule has 498 valence electrons. The molecule has 0 saturated carbocycles. The predicted octanol–water partition coefficient (Wildman–Crippen LogP) is 18.3. The fourth-order valence-electron chi connectivity index (χ4n) is 9.81. The zero-order chi connectivity index (χ0) is 61.9. The third kappa shape index (κ3) is 59.0. The van der Waals surface area contributed by atoms with Crippen molar-refractivity contribution < 1.29 is 80.2 Å². The van der Waals surface area contributed by atoms with Gasteiger partial charge >= 0.3 is 39.5 Å². The normalized spacial score (nSPS) is 14.1. The van der Waals surface area contributed by atoms with Crippen molar-refractivity contribution >= 4 is 39.5 Å². The highest BCUT2D eigenvalue weighted by atomic mass is 31.2. The van der Waals surface area contributed by atoms with Gasteiger partial charge in [0.2, 0.25) is 0 Å². The minimum absolute atomic E-state index is 0.106. The molecule has 0 spiro atoms. The van der Waals surface area contributed by atoms with Crippen LogP contribution in [0.15, 0.2) is 0 Å². The van der Waals surface area contributed by atoms with Crippen LogP contribution in [-0.2, 0) is 65.4 Å². The first-order valence-electron chi connectivity index (χ1n) is 34.3. The molecule has 3 N–H and O–H groups in total. The molecule has 19 heteroatoms. The van der Waals surface area contributed by atoms with E-state index in [1.54, 1.807) is 0 Å². The summed E-state index contributed by atoms with van der Waals surface area (Å²) in [4.78, 5) is 72.0. The number of phosphoric ester groups is 2. The average Bonchev–Trinajstić information content (AvgIpc) is 3.57. The van der Waals surface area contributed by atoms with Crippen LogP contribution in [0.25, 0.3) is 0 Å². The Labute approximate surface area is 511 Å². The maximum Gasteiger partial charge on any atom is 0.472 e. The number of ether oxygens (including phenoxy) is 4. The van der Waals surface area contributed by atoms with Gasteiger partial charge in [-0.1, -0.05) is 285 Å². The van der Waals surface area contributed by atoms with Gasteiger partial charge in [0, 0.05) is 25.7 Å². The Balaban J connectivity index is 5.14. The van der Waals surface area contributed by atoms with Gasteiger partial charge in [-0.15, -0.1) is 0 Å². The molecule has 0 fully saturated rings. The van der Waals surface area contributed by atoms with Crippen molar-refractivity contribution in [2.45, 2.75) is 354 Å². The lowest BCUT2D eigenvalue weighted by molar-refractivity contribution is -0.161. The van der Waals surface area contributed by atoms with Crippen LogP contribution in [0.4, 0.5) is 0 Å². The van der Waals surface area contributed by atoms with Gasteiger partial charge in [-0.05, 0) is 25.7 Å². The van der Waals surface area contributed by atoms with Crippen LogP contribution in [0.2, 0.25) is 0 Å². The number of carbonyl (C=O) groups is 4. The minimum Gasteiger partial charge on any atom is -0.462 e. The molecule has 2 unspecified atom stereocenters. The van der Waals surface area contributed by atoms with Crippen molar-refractivity contribution in [3.05, 3.63) is 0 Å². The number of rotatable bonds is 66. The molecule has 84 heavy (non-hydrogen) atoms. The molecule has 0 aliphatic heterocycles. The monoisotopic (exact) mass is 1240 g/mol.